The lowest BCUT2D eigenvalue weighted by Gasteiger charge is -2.12. The van der Waals surface area contributed by atoms with E-state index >= 15 is 0 Å². The van der Waals surface area contributed by atoms with Crippen LogP contribution in [0, 0.1) is 13.8 Å². The zero-order chi connectivity index (χ0) is 19.4. The van der Waals surface area contributed by atoms with E-state index in [9.17, 15) is 4.79 Å². The highest BCUT2D eigenvalue weighted by atomic mass is 32.1. The van der Waals surface area contributed by atoms with Crippen molar-refractivity contribution in [3.63, 3.8) is 0 Å². The van der Waals surface area contributed by atoms with Gasteiger partial charge in [0.05, 0.1) is 6.42 Å². The van der Waals surface area contributed by atoms with Crippen molar-refractivity contribution in [2.45, 2.75) is 39.7 Å². The molecule has 0 bridgehead atoms. The second kappa shape index (κ2) is 8.40. The number of ether oxygens (including phenoxy) is 1. The lowest BCUT2D eigenvalue weighted by Crippen LogP contribution is -2.00. The van der Waals surface area contributed by atoms with Gasteiger partial charge >= 0.3 is 5.97 Å². The molecule has 1 unspecified atom stereocenters. The van der Waals surface area contributed by atoms with Crippen molar-refractivity contribution in [1.82, 2.24) is 0 Å². The van der Waals surface area contributed by atoms with E-state index in [1.165, 1.54) is 33.6 Å². The molecule has 1 atom stereocenters. The molecule has 140 valence electrons. The highest BCUT2D eigenvalue weighted by molar-refractivity contribution is 7.13. The maximum atomic E-state index is 10.9. The van der Waals surface area contributed by atoms with Crippen LogP contribution in [-0.2, 0) is 11.4 Å². The first-order valence-electron chi connectivity index (χ1n) is 9.04. The predicted octanol–water partition coefficient (Wildman–Crippen LogP) is 6.19. The molecule has 4 heteroatoms. The Balaban J connectivity index is 1.71. The number of carboxylic acids is 1. The summed E-state index contributed by atoms with van der Waals surface area (Å²) in [4.78, 5) is 11.9. The number of hydrogen-bond donors (Lipinski definition) is 1. The molecule has 0 saturated heterocycles. The van der Waals surface area contributed by atoms with Gasteiger partial charge in [0.2, 0.25) is 0 Å². The summed E-state index contributed by atoms with van der Waals surface area (Å²) in [5.74, 6) is -0.779. The lowest BCUT2D eigenvalue weighted by molar-refractivity contribution is -0.137. The third kappa shape index (κ3) is 4.77. The van der Waals surface area contributed by atoms with Gasteiger partial charge in [0.25, 0.3) is 0 Å². The Morgan fingerprint density at radius 2 is 1.78 bits per heavy atom. The highest BCUT2D eigenvalue weighted by Gasteiger charge is 2.13. The van der Waals surface area contributed by atoms with Crippen molar-refractivity contribution in [3.05, 3.63) is 76.2 Å². The maximum Gasteiger partial charge on any atom is 0.303 e. The van der Waals surface area contributed by atoms with Gasteiger partial charge in [0.15, 0.2) is 5.06 Å². The van der Waals surface area contributed by atoms with Crippen molar-refractivity contribution in [3.8, 4) is 16.2 Å². The van der Waals surface area contributed by atoms with Gasteiger partial charge in [0, 0.05) is 10.8 Å². The lowest BCUT2D eigenvalue weighted by atomic mass is 9.95. The second-order valence-corrected chi connectivity index (χ2v) is 7.99. The van der Waals surface area contributed by atoms with Crippen molar-refractivity contribution in [2.24, 2.45) is 0 Å². The van der Waals surface area contributed by atoms with Crippen LogP contribution < -0.4 is 4.74 Å². The Labute approximate surface area is 164 Å². The average Bonchev–Trinajstić information content (AvgIpc) is 3.09. The van der Waals surface area contributed by atoms with Gasteiger partial charge in [-0.2, -0.15) is 0 Å². The monoisotopic (exact) mass is 380 g/mol. The predicted molar refractivity (Wildman–Crippen MR) is 111 cm³/mol. The average molecular weight is 381 g/mol. The fourth-order valence-corrected chi connectivity index (χ4v) is 4.19. The highest BCUT2D eigenvalue weighted by Crippen LogP contribution is 2.33. The summed E-state index contributed by atoms with van der Waals surface area (Å²) in [6.07, 6.45) is 0.137. The van der Waals surface area contributed by atoms with E-state index in [0.717, 1.165) is 15.5 Å². The number of aryl methyl sites for hydroxylation is 2. The Bertz CT molecular complexity index is 922. The summed E-state index contributed by atoms with van der Waals surface area (Å²) >= 11 is 1.52. The third-order valence-corrected chi connectivity index (χ3v) is 5.88. The summed E-state index contributed by atoms with van der Waals surface area (Å²) in [5.41, 5.74) is 6.13. The smallest absolute Gasteiger partial charge is 0.303 e. The first kappa shape index (κ1) is 19.2. The maximum absolute atomic E-state index is 10.9. The van der Waals surface area contributed by atoms with E-state index in [1.54, 1.807) is 0 Å². The fraction of sp³-hybridized carbons (Fsp3) is 0.261. The number of carboxylic acid groups (broad SMARTS) is 1. The molecule has 0 aliphatic rings. The minimum atomic E-state index is -0.776. The summed E-state index contributed by atoms with van der Waals surface area (Å²) in [6, 6.07) is 18.7. The first-order valence-corrected chi connectivity index (χ1v) is 9.85. The zero-order valence-electron chi connectivity index (χ0n) is 15.9. The summed E-state index contributed by atoms with van der Waals surface area (Å²) in [5, 5.41) is 9.76. The summed E-state index contributed by atoms with van der Waals surface area (Å²) in [6.45, 7) is 6.69. The molecule has 3 rings (SSSR count). The van der Waals surface area contributed by atoms with Crippen molar-refractivity contribution in [1.29, 1.82) is 0 Å². The van der Waals surface area contributed by atoms with E-state index < -0.39 is 5.97 Å². The molecule has 0 aliphatic heterocycles. The van der Waals surface area contributed by atoms with Crippen LogP contribution in [0.4, 0.5) is 0 Å². The van der Waals surface area contributed by atoms with Gasteiger partial charge in [-0.3, -0.25) is 4.79 Å². The van der Waals surface area contributed by atoms with Crippen LogP contribution in [-0.4, -0.2) is 11.1 Å². The molecule has 27 heavy (non-hydrogen) atoms. The van der Waals surface area contributed by atoms with E-state index in [0.29, 0.717) is 6.61 Å². The van der Waals surface area contributed by atoms with Crippen LogP contribution in [0.25, 0.3) is 11.1 Å². The van der Waals surface area contributed by atoms with Crippen LogP contribution >= 0.6 is 11.3 Å². The summed E-state index contributed by atoms with van der Waals surface area (Å²) < 4.78 is 5.95. The normalized spacial score (nSPS) is 12.0. The number of hydrogen-bond acceptors (Lipinski definition) is 3. The number of rotatable bonds is 7. The molecule has 1 N–H and O–H groups in total. The van der Waals surface area contributed by atoms with Crippen molar-refractivity contribution >= 4 is 17.3 Å². The summed E-state index contributed by atoms with van der Waals surface area (Å²) in [7, 11) is 0. The quantitative estimate of drug-likeness (QED) is 0.532. The van der Waals surface area contributed by atoms with Gasteiger partial charge in [-0.25, -0.2) is 0 Å². The molecule has 3 aromatic rings. The molecule has 2 aromatic carbocycles. The SMILES string of the molecule is Cc1cccc(C)c1-c1cccc(COc2ccc(C(C)CC(=O)O)s2)c1. The Morgan fingerprint density at radius 1 is 1.07 bits per heavy atom. The Morgan fingerprint density at radius 3 is 2.48 bits per heavy atom. The number of aliphatic carboxylic acids is 1. The molecule has 0 amide bonds. The minimum Gasteiger partial charge on any atom is -0.481 e. The van der Waals surface area contributed by atoms with E-state index in [4.69, 9.17) is 9.84 Å². The third-order valence-electron chi connectivity index (χ3n) is 4.65. The molecule has 0 aliphatic carbocycles. The van der Waals surface area contributed by atoms with Crippen molar-refractivity contribution < 1.29 is 14.6 Å². The molecule has 0 radical (unpaired) electrons. The molecular formula is C23H24O3S. The molecule has 3 nitrogen and oxygen atoms in total. The Hall–Kier alpha value is -2.59. The van der Waals surface area contributed by atoms with Gasteiger partial charge in [0.1, 0.15) is 6.61 Å². The fourth-order valence-electron chi connectivity index (χ4n) is 3.28. The largest absolute Gasteiger partial charge is 0.481 e. The van der Waals surface area contributed by atoms with Gasteiger partial charge in [-0.05, 0) is 59.9 Å². The molecule has 0 saturated carbocycles. The molecule has 1 aromatic heterocycles. The van der Waals surface area contributed by atoms with Crippen LogP contribution in [0.15, 0.2) is 54.6 Å². The van der Waals surface area contributed by atoms with Crippen molar-refractivity contribution in [2.75, 3.05) is 0 Å². The molecule has 1 heterocycles. The van der Waals surface area contributed by atoms with Crippen LogP contribution in [0.3, 0.4) is 0 Å². The van der Waals surface area contributed by atoms with E-state index in [2.05, 4.69) is 56.3 Å². The number of thiophene rings is 1. The Kier molecular flexibility index (Phi) is 5.97. The molecule has 0 spiro atoms. The second-order valence-electron chi connectivity index (χ2n) is 6.91. The number of benzene rings is 2. The van der Waals surface area contributed by atoms with Gasteiger partial charge in [-0.1, -0.05) is 43.3 Å². The topological polar surface area (TPSA) is 46.5 Å². The van der Waals surface area contributed by atoms with Crippen LogP contribution in [0.1, 0.15) is 40.8 Å². The minimum absolute atomic E-state index is 0.00258. The molecular weight excluding hydrogens is 356 g/mol. The molecule has 0 fully saturated rings. The van der Waals surface area contributed by atoms with E-state index in [-0.39, 0.29) is 12.3 Å². The van der Waals surface area contributed by atoms with Gasteiger partial charge < -0.3 is 9.84 Å². The van der Waals surface area contributed by atoms with Gasteiger partial charge in [-0.15, -0.1) is 11.3 Å². The zero-order valence-corrected chi connectivity index (χ0v) is 16.7. The standard InChI is InChI=1S/C23H24O3S/c1-15-6-4-7-16(2)23(15)19-9-5-8-18(13-19)14-26-22-11-10-20(27-22)17(3)12-21(24)25/h4-11,13,17H,12,14H2,1-3H3,(H,24,25). The van der Waals surface area contributed by atoms with E-state index in [1.807, 2.05) is 19.1 Å². The first-order chi connectivity index (χ1) is 12.9. The number of carbonyl (C=O) groups is 1. The van der Waals surface area contributed by atoms with Crippen LogP contribution in [0.2, 0.25) is 0 Å². The van der Waals surface area contributed by atoms with Crippen LogP contribution in [0.5, 0.6) is 5.06 Å².